The highest BCUT2D eigenvalue weighted by atomic mass is 16.2. The first kappa shape index (κ1) is 19.1. The lowest BCUT2D eigenvalue weighted by Gasteiger charge is -2.20. The van der Waals surface area contributed by atoms with Gasteiger partial charge in [-0.15, -0.1) is 0 Å². The van der Waals surface area contributed by atoms with Crippen LogP contribution >= 0.6 is 0 Å². The van der Waals surface area contributed by atoms with Crippen molar-refractivity contribution >= 4 is 22.6 Å². The minimum absolute atomic E-state index is 0.327. The summed E-state index contributed by atoms with van der Waals surface area (Å²) in [4.78, 5) is 25.2. The van der Waals surface area contributed by atoms with Crippen molar-refractivity contribution in [3.8, 4) is 6.07 Å². The van der Waals surface area contributed by atoms with Crippen LogP contribution in [0.3, 0.4) is 0 Å². The molecule has 0 fully saturated rings. The molecule has 0 saturated heterocycles. The Labute approximate surface area is 164 Å². The van der Waals surface area contributed by atoms with Gasteiger partial charge in [-0.25, -0.2) is 0 Å². The monoisotopic (exact) mass is 371 g/mol. The van der Waals surface area contributed by atoms with E-state index in [2.05, 4.69) is 10.6 Å². The standard InChI is InChI=1S/C23H21N3O2/c1-16(15-24)25-23(28)21(26-22(27)19-8-3-2-4-9-19)14-17-11-12-18-7-5-6-10-20(18)13-17/h2-13,16,21H,14H2,1H3,(H,25,28)(H,26,27). The maximum Gasteiger partial charge on any atom is 0.251 e. The highest BCUT2D eigenvalue weighted by molar-refractivity contribution is 5.97. The van der Waals surface area contributed by atoms with Gasteiger partial charge < -0.3 is 10.6 Å². The number of amides is 2. The molecule has 3 aromatic rings. The molecule has 0 bridgehead atoms. The maximum atomic E-state index is 12.7. The number of hydrogen-bond donors (Lipinski definition) is 2. The Hall–Kier alpha value is -3.65. The van der Waals surface area contributed by atoms with E-state index in [1.165, 1.54) is 0 Å². The Morgan fingerprint density at radius 1 is 0.929 bits per heavy atom. The Balaban J connectivity index is 1.83. The Kier molecular flexibility index (Phi) is 6.03. The summed E-state index contributed by atoms with van der Waals surface area (Å²) in [6.07, 6.45) is 0.327. The number of rotatable bonds is 6. The lowest BCUT2D eigenvalue weighted by atomic mass is 10.0. The van der Waals surface area contributed by atoms with Crippen LogP contribution in [0.2, 0.25) is 0 Å². The van der Waals surface area contributed by atoms with Crippen molar-refractivity contribution in [2.24, 2.45) is 0 Å². The zero-order chi connectivity index (χ0) is 19.9. The topological polar surface area (TPSA) is 82.0 Å². The third kappa shape index (κ3) is 4.74. The summed E-state index contributed by atoms with van der Waals surface area (Å²) in [5.41, 5.74) is 1.41. The minimum Gasteiger partial charge on any atom is -0.340 e. The van der Waals surface area contributed by atoms with E-state index < -0.39 is 12.1 Å². The van der Waals surface area contributed by atoms with E-state index in [-0.39, 0.29) is 11.8 Å². The Bertz CT molecular complexity index is 1020. The van der Waals surface area contributed by atoms with Gasteiger partial charge in [0.15, 0.2) is 0 Å². The zero-order valence-corrected chi connectivity index (χ0v) is 15.6. The summed E-state index contributed by atoms with van der Waals surface area (Å²) in [6.45, 7) is 1.60. The average Bonchev–Trinajstić information content (AvgIpc) is 2.73. The van der Waals surface area contributed by atoms with E-state index in [1.54, 1.807) is 31.2 Å². The molecule has 0 spiro atoms. The predicted molar refractivity (Wildman–Crippen MR) is 109 cm³/mol. The van der Waals surface area contributed by atoms with Crippen molar-refractivity contribution in [2.45, 2.75) is 25.4 Å². The summed E-state index contributed by atoms with van der Waals surface area (Å²) < 4.78 is 0. The van der Waals surface area contributed by atoms with Crippen LogP contribution in [0.5, 0.6) is 0 Å². The van der Waals surface area contributed by atoms with Crippen molar-refractivity contribution in [3.05, 3.63) is 83.9 Å². The van der Waals surface area contributed by atoms with E-state index in [1.807, 2.05) is 54.6 Å². The van der Waals surface area contributed by atoms with Gasteiger partial charge in [0.25, 0.3) is 5.91 Å². The van der Waals surface area contributed by atoms with Crippen LogP contribution in [0.25, 0.3) is 10.8 Å². The highest BCUT2D eigenvalue weighted by Gasteiger charge is 2.23. The van der Waals surface area contributed by atoms with Crippen molar-refractivity contribution in [1.29, 1.82) is 5.26 Å². The van der Waals surface area contributed by atoms with E-state index >= 15 is 0 Å². The number of carbonyl (C=O) groups is 2. The molecule has 2 atom stereocenters. The minimum atomic E-state index is -0.787. The molecule has 0 saturated carbocycles. The van der Waals surface area contributed by atoms with E-state index in [9.17, 15) is 9.59 Å². The molecule has 2 N–H and O–H groups in total. The van der Waals surface area contributed by atoms with Gasteiger partial charge in [0.05, 0.1) is 6.07 Å². The molecule has 0 aliphatic carbocycles. The van der Waals surface area contributed by atoms with Crippen LogP contribution in [-0.2, 0) is 11.2 Å². The number of nitrogens with zero attached hydrogens (tertiary/aromatic N) is 1. The summed E-state index contributed by atoms with van der Waals surface area (Å²) in [6, 6.07) is 23.2. The van der Waals surface area contributed by atoms with Crippen LogP contribution in [0, 0.1) is 11.3 Å². The first-order chi connectivity index (χ1) is 13.6. The number of benzene rings is 3. The fourth-order valence-electron chi connectivity index (χ4n) is 2.99. The molecule has 0 heterocycles. The van der Waals surface area contributed by atoms with Crippen LogP contribution < -0.4 is 10.6 Å². The number of fused-ring (bicyclic) bond motifs is 1. The molecular weight excluding hydrogens is 350 g/mol. The van der Waals surface area contributed by atoms with Crippen molar-refractivity contribution < 1.29 is 9.59 Å². The third-order valence-electron chi connectivity index (χ3n) is 4.46. The van der Waals surface area contributed by atoms with E-state index in [4.69, 9.17) is 5.26 Å². The molecule has 0 aliphatic heterocycles. The van der Waals surface area contributed by atoms with Gasteiger partial charge in [-0.2, -0.15) is 5.26 Å². The molecule has 0 radical (unpaired) electrons. The third-order valence-corrected chi connectivity index (χ3v) is 4.46. The first-order valence-corrected chi connectivity index (χ1v) is 9.10. The predicted octanol–water partition coefficient (Wildman–Crippen LogP) is 3.21. The molecule has 3 rings (SSSR count). The molecular formula is C23H21N3O2. The largest absolute Gasteiger partial charge is 0.340 e. The molecule has 0 aromatic heterocycles. The van der Waals surface area contributed by atoms with Gasteiger partial charge in [-0.05, 0) is 35.4 Å². The molecule has 0 aliphatic rings. The summed E-state index contributed by atoms with van der Waals surface area (Å²) in [5.74, 6) is -0.711. The van der Waals surface area contributed by atoms with Crippen molar-refractivity contribution in [3.63, 3.8) is 0 Å². The number of carbonyl (C=O) groups excluding carboxylic acids is 2. The SMILES string of the molecule is CC(C#N)NC(=O)C(Cc1ccc2ccccc2c1)NC(=O)c1ccccc1. The Morgan fingerprint density at radius 2 is 1.61 bits per heavy atom. The fourth-order valence-corrected chi connectivity index (χ4v) is 2.99. The first-order valence-electron chi connectivity index (χ1n) is 9.10. The second kappa shape index (κ2) is 8.83. The van der Waals surface area contributed by atoms with Gasteiger partial charge >= 0.3 is 0 Å². The van der Waals surface area contributed by atoms with E-state index in [0.717, 1.165) is 16.3 Å². The summed E-state index contributed by atoms with van der Waals surface area (Å²) in [7, 11) is 0. The molecule has 140 valence electrons. The molecule has 28 heavy (non-hydrogen) atoms. The van der Waals surface area contributed by atoms with Crippen molar-refractivity contribution in [2.75, 3.05) is 0 Å². The average molecular weight is 371 g/mol. The lowest BCUT2D eigenvalue weighted by molar-refractivity contribution is -0.123. The maximum absolute atomic E-state index is 12.7. The fraction of sp³-hybridized carbons (Fsp3) is 0.174. The highest BCUT2D eigenvalue weighted by Crippen LogP contribution is 2.17. The van der Waals surface area contributed by atoms with Gasteiger partial charge in [-0.3, -0.25) is 9.59 Å². The lowest BCUT2D eigenvalue weighted by Crippen LogP contribution is -2.50. The van der Waals surface area contributed by atoms with Gasteiger partial charge in [0.2, 0.25) is 5.91 Å². The van der Waals surface area contributed by atoms with E-state index in [0.29, 0.717) is 12.0 Å². The number of hydrogen-bond acceptors (Lipinski definition) is 3. The molecule has 2 amide bonds. The second-order valence-corrected chi connectivity index (χ2v) is 6.64. The number of nitrogens with one attached hydrogen (secondary N) is 2. The summed E-state index contributed by atoms with van der Waals surface area (Å²) in [5, 5.41) is 16.6. The van der Waals surface area contributed by atoms with Gasteiger partial charge in [0.1, 0.15) is 12.1 Å². The van der Waals surface area contributed by atoms with Crippen LogP contribution in [0.1, 0.15) is 22.8 Å². The zero-order valence-electron chi connectivity index (χ0n) is 15.6. The molecule has 2 unspecified atom stereocenters. The Morgan fingerprint density at radius 3 is 2.32 bits per heavy atom. The number of nitriles is 1. The molecule has 5 heteroatoms. The van der Waals surface area contributed by atoms with Crippen molar-refractivity contribution in [1.82, 2.24) is 10.6 Å². The smallest absolute Gasteiger partial charge is 0.251 e. The molecule has 5 nitrogen and oxygen atoms in total. The molecule has 3 aromatic carbocycles. The van der Waals surface area contributed by atoms with Crippen LogP contribution in [-0.4, -0.2) is 23.9 Å². The van der Waals surface area contributed by atoms with Crippen LogP contribution in [0.4, 0.5) is 0 Å². The van der Waals surface area contributed by atoms with Crippen LogP contribution in [0.15, 0.2) is 72.8 Å². The summed E-state index contributed by atoms with van der Waals surface area (Å²) >= 11 is 0. The van der Waals surface area contributed by atoms with Gasteiger partial charge in [-0.1, -0.05) is 60.7 Å². The van der Waals surface area contributed by atoms with Gasteiger partial charge in [0, 0.05) is 12.0 Å². The normalized spacial score (nSPS) is 12.6. The quantitative estimate of drug-likeness (QED) is 0.698. The second-order valence-electron chi connectivity index (χ2n) is 6.64.